The summed E-state index contributed by atoms with van der Waals surface area (Å²) in [6, 6.07) is 4.30. The molecule has 1 aromatic carbocycles. The first kappa shape index (κ1) is 18.4. The van der Waals surface area contributed by atoms with Crippen LogP contribution in [-0.2, 0) is 9.53 Å². The third kappa shape index (κ3) is 4.11. The molecule has 1 fully saturated rings. The van der Waals surface area contributed by atoms with Crippen LogP contribution >= 0.6 is 0 Å². The lowest BCUT2D eigenvalue weighted by Crippen LogP contribution is -2.60. The Morgan fingerprint density at radius 1 is 1.25 bits per heavy atom. The van der Waals surface area contributed by atoms with Crippen molar-refractivity contribution in [1.82, 2.24) is 0 Å². The fraction of sp³-hybridized carbons (Fsp3) is 0.438. The second kappa shape index (κ2) is 7.73. The van der Waals surface area contributed by atoms with Gasteiger partial charge in [-0.25, -0.2) is 0 Å². The zero-order valence-corrected chi connectivity index (χ0v) is 12.9. The van der Waals surface area contributed by atoms with Gasteiger partial charge in [0.1, 0.15) is 24.4 Å². The summed E-state index contributed by atoms with van der Waals surface area (Å²) in [5.41, 5.74) is 0.558. The van der Waals surface area contributed by atoms with E-state index in [0.717, 1.165) is 0 Å². The molecular weight excluding hydrogens is 320 g/mol. The van der Waals surface area contributed by atoms with E-state index in [9.17, 15) is 25.2 Å². The first-order chi connectivity index (χ1) is 11.3. The van der Waals surface area contributed by atoms with Gasteiger partial charge >= 0.3 is 0 Å². The summed E-state index contributed by atoms with van der Waals surface area (Å²) in [7, 11) is 0. The molecule has 0 aliphatic carbocycles. The molecule has 24 heavy (non-hydrogen) atoms. The maximum atomic E-state index is 11.0. The van der Waals surface area contributed by atoms with Crippen molar-refractivity contribution in [2.45, 2.75) is 37.6 Å². The SMILES string of the molecule is CC(=O)C=Cc1ccc(O)c(O[C@@H]2O[C@H](CO)[C@@H](O)[C@H](O)[C@H]2O)c1. The predicted molar refractivity (Wildman–Crippen MR) is 82.2 cm³/mol. The van der Waals surface area contributed by atoms with Gasteiger partial charge in [-0.3, -0.25) is 4.79 Å². The number of ketones is 1. The van der Waals surface area contributed by atoms with Crippen molar-refractivity contribution in [1.29, 1.82) is 0 Å². The Hall–Kier alpha value is -1.97. The van der Waals surface area contributed by atoms with E-state index in [1.807, 2.05) is 0 Å². The lowest BCUT2D eigenvalue weighted by atomic mass is 9.99. The highest BCUT2D eigenvalue weighted by Gasteiger charge is 2.44. The summed E-state index contributed by atoms with van der Waals surface area (Å²) in [6.07, 6.45) is -4.33. The molecule has 2 rings (SSSR count). The Labute approximate surface area is 138 Å². The van der Waals surface area contributed by atoms with Gasteiger partial charge in [0.25, 0.3) is 0 Å². The van der Waals surface area contributed by atoms with Gasteiger partial charge < -0.3 is 35.0 Å². The lowest BCUT2D eigenvalue weighted by Gasteiger charge is -2.39. The normalized spacial score (nSPS) is 30.5. The van der Waals surface area contributed by atoms with Gasteiger partial charge in [0.2, 0.25) is 6.29 Å². The zero-order valence-electron chi connectivity index (χ0n) is 12.9. The van der Waals surface area contributed by atoms with E-state index in [0.29, 0.717) is 5.56 Å². The van der Waals surface area contributed by atoms with Crippen LogP contribution in [0.5, 0.6) is 11.5 Å². The first-order valence-electron chi connectivity index (χ1n) is 7.32. The molecule has 5 atom stereocenters. The largest absolute Gasteiger partial charge is 0.504 e. The van der Waals surface area contributed by atoms with Crippen molar-refractivity contribution < 1.29 is 39.8 Å². The van der Waals surface area contributed by atoms with Crippen LogP contribution in [0, 0.1) is 0 Å². The number of phenols is 1. The molecule has 8 nitrogen and oxygen atoms in total. The van der Waals surface area contributed by atoms with Gasteiger partial charge in [0.15, 0.2) is 17.3 Å². The van der Waals surface area contributed by atoms with Crippen LogP contribution < -0.4 is 4.74 Å². The van der Waals surface area contributed by atoms with Crippen LogP contribution in [0.25, 0.3) is 6.08 Å². The third-order valence-electron chi connectivity index (χ3n) is 3.59. The molecule has 0 aromatic heterocycles. The Bertz CT molecular complexity index is 612. The molecule has 1 aliphatic rings. The number of aliphatic hydroxyl groups is 4. The van der Waals surface area contributed by atoms with Gasteiger partial charge in [0, 0.05) is 0 Å². The number of hydrogen-bond acceptors (Lipinski definition) is 8. The van der Waals surface area contributed by atoms with Crippen molar-refractivity contribution in [3.8, 4) is 11.5 Å². The topological polar surface area (TPSA) is 137 Å². The molecule has 1 aromatic rings. The average molecular weight is 340 g/mol. The molecule has 1 saturated heterocycles. The molecule has 132 valence electrons. The molecule has 1 heterocycles. The zero-order chi connectivity index (χ0) is 17.9. The van der Waals surface area contributed by atoms with Gasteiger partial charge in [-0.05, 0) is 30.7 Å². The smallest absolute Gasteiger partial charge is 0.229 e. The monoisotopic (exact) mass is 340 g/mol. The second-order valence-corrected chi connectivity index (χ2v) is 5.49. The minimum Gasteiger partial charge on any atom is -0.504 e. The Morgan fingerprint density at radius 3 is 2.58 bits per heavy atom. The standard InChI is InChI=1S/C16H20O8/c1-8(18)2-3-9-4-5-10(19)11(6-9)23-16-15(22)14(21)13(20)12(7-17)24-16/h2-6,12-17,19-22H,7H2,1H3/t12-,13-,14+,15-,16-/m1/s1. The van der Waals surface area contributed by atoms with E-state index < -0.39 is 37.3 Å². The van der Waals surface area contributed by atoms with E-state index >= 15 is 0 Å². The van der Waals surface area contributed by atoms with Crippen molar-refractivity contribution in [2.75, 3.05) is 6.61 Å². The van der Waals surface area contributed by atoms with Gasteiger partial charge in [-0.1, -0.05) is 12.1 Å². The first-order valence-corrected chi connectivity index (χ1v) is 7.32. The quantitative estimate of drug-likeness (QED) is 0.438. The molecule has 8 heteroatoms. The van der Waals surface area contributed by atoms with Gasteiger partial charge in [-0.2, -0.15) is 0 Å². The number of rotatable bonds is 5. The van der Waals surface area contributed by atoms with Crippen molar-refractivity contribution in [2.24, 2.45) is 0 Å². The number of aliphatic hydroxyl groups excluding tert-OH is 4. The number of allylic oxidation sites excluding steroid dienone is 1. The summed E-state index contributed by atoms with van der Waals surface area (Å²) in [5.74, 6) is -0.448. The van der Waals surface area contributed by atoms with Crippen LogP contribution in [0.2, 0.25) is 0 Å². The molecule has 0 bridgehead atoms. The number of phenolic OH excluding ortho intramolecular Hbond substituents is 1. The minimum absolute atomic E-state index is 0.0509. The van der Waals surface area contributed by atoms with Crippen LogP contribution in [0.15, 0.2) is 24.3 Å². The number of carbonyl (C=O) groups excluding carboxylic acids is 1. The van der Waals surface area contributed by atoms with E-state index in [1.54, 1.807) is 6.07 Å². The summed E-state index contributed by atoms with van der Waals surface area (Å²) in [5, 5.41) is 48.4. The number of hydrogen-bond donors (Lipinski definition) is 5. The highest BCUT2D eigenvalue weighted by Crippen LogP contribution is 2.31. The molecule has 0 amide bonds. The second-order valence-electron chi connectivity index (χ2n) is 5.49. The molecule has 0 spiro atoms. The van der Waals surface area contributed by atoms with Gasteiger partial charge in [0.05, 0.1) is 6.61 Å². The van der Waals surface area contributed by atoms with Gasteiger partial charge in [-0.15, -0.1) is 0 Å². The fourth-order valence-corrected chi connectivity index (χ4v) is 2.23. The molecular formula is C16H20O8. The summed E-state index contributed by atoms with van der Waals surface area (Å²) in [6.45, 7) is 0.806. The van der Waals surface area contributed by atoms with E-state index in [-0.39, 0.29) is 17.3 Å². The predicted octanol–water partition coefficient (Wildman–Crippen LogP) is -0.827. The molecule has 1 aliphatic heterocycles. The van der Waals surface area contributed by atoms with Crippen LogP contribution in [0.4, 0.5) is 0 Å². The molecule has 0 radical (unpaired) electrons. The highest BCUT2D eigenvalue weighted by atomic mass is 16.7. The molecule has 0 saturated carbocycles. The number of aromatic hydroxyl groups is 1. The Kier molecular flexibility index (Phi) is 5.92. The molecule has 5 N–H and O–H groups in total. The fourth-order valence-electron chi connectivity index (χ4n) is 2.23. The van der Waals surface area contributed by atoms with Crippen LogP contribution in [-0.4, -0.2) is 68.6 Å². The third-order valence-corrected chi connectivity index (χ3v) is 3.59. The number of benzene rings is 1. The lowest BCUT2D eigenvalue weighted by molar-refractivity contribution is -0.277. The van der Waals surface area contributed by atoms with Crippen LogP contribution in [0.1, 0.15) is 12.5 Å². The maximum Gasteiger partial charge on any atom is 0.229 e. The highest BCUT2D eigenvalue weighted by molar-refractivity contribution is 5.91. The summed E-state index contributed by atoms with van der Waals surface area (Å²) in [4.78, 5) is 11.0. The van der Waals surface area contributed by atoms with Crippen LogP contribution in [0.3, 0.4) is 0 Å². The Morgan fingerprint density at radius 2 is 1.96 bits per heavy atom. The van der Waals surface area contributed by atoms with Crippen molar-refractivity contribution >= 4 is 11.9 Å². The van der Waals surface area contributed by atoms with Crippen molar-refractivity contribution in [3.05, 3.63) is 29.8 Å². The maximum absolute atomic E-state index is 11.0. The van der Waals surface area contributed by atoms with E-state index in [2.05, 4.69) is 0 Å². The minimum atomic E-state index is -1.58. The van der Waals surface area contributed by atoms with E-state index in [1.165, 1.54) is 31.2 Å². The number of ether oxygens (including phenoxy) is 2. The molecule has 0 unspecified atom stereocenters. The average Bonchev–Trinajstić information content (AvgIpc) is 2.55. The van der Waals surface area contributed by atoms with E-state index in [4.69, 9.17) is 14.6 Å². The number of carbonyl (C=O) groups is 1. The van der Waals surface area contributed by atoms with Crippen molar-refractivity contribution in [3.63, 3.8) is 0 Å². The summed E-state index contributed by atoms with van der Waals surface area (Å²) < 4.78 is 10.6. The Balaban J connectivity index is 2.20. The summed E-state index contributed by atoms with van der Waals surface area (Å²) >= 11 is 0.